The van der Waals surface area contributed by atoms with Crippen LogP contribution in [0.15, 0.2) is 6.20 Å². The molecule has 2 atom stereocenters. The van der Waals surface area contributed by atoms with Crippen LogP contribution in [0.3, 0.4) is 0 Å². The van der Waals surface area contributed by atoms with E-state index < -0.39 is 0 Å². The highest BCUT2D eigenvalue weighted by atomic mass is 35.5. The number of nitrogens with zero attached hydrogens (tertiary/aromatic N) is 2. The number of aromatic nitrogens is 2. The van der Waals surface area contributed by atoms with Gasteiger partial charge < -0.3 is 5.73 Å². The molecule has 3 nitrogen and oxygen atoms in total. The predicted octanol–water partition coefficient (Wildman–Crippen LogP) is 2.61. The fourth-order valence-corrected chi connectivity index (χ4v) is 2.54. The Bertz CT molecular complexity index is 294. The van der Waals surface area contributed by atoms with E-state index in [1.165, 1.54) is 0 Å². The summed E-state index contributed by atoms with van der Waals surface area (Å²) < 4.78 is 1.75. The molecular formula is C10H18ClN3S. The second kappa shape index (κ2) is 5.77. The SMILES string of the molecule is CCC(C)SCC(N)c1c(Cl)cnn1C. The molecule has 15 heavy (non-hydrogen) atoms. The number of nitrogens with two attached hydrogens (primary N) is 1. The van der Waals surface area contributed by atoms with Crippen LogP contribution in [0.4, 0.5) is 0 Å². The Kier molecular flexibility index (Phi) is 4.96. The molecule has 0 saturated heterocycles. The smallest absolute Gasteiger partial charge is 0.0834 e. The van der Waals surface area contributed by atoms with Crippen molar-refractivity contribution in [2.45, 2.75) is 31.6 Å². The van der Waals surface area contributed by atoms with Gasteiger partial charge in [0.1, 0.15) is 0 Å². The molecule has 0 fully saturated rings. The van der Waals surface area contributed by atoms with Gasteiger partial charge in [-0.25, -0.2) is 0 Å². The molecule has 1 heterocycles. The molecule has 0 bridgehead atoms. The van der Waals surface area contributed by atoms with Crippen LogP contribution in [0.5, 0.6) is 0 Å². The number of rotatable bonds is 5. The molecule has 0 aliphatic rings. The maximum atomic E-state index is 6.08. The van der Waals surface area contributed by atoms with Gasteiger partial charge in [0.2, 0.25) is 0 Å². The minimum atomic E-state index is -0.0380. The van der Waals surface area contributed by atoms with Crippen LogP contribution in [0.25, 0.3) is 0 Å². The molecule has 0 aliphatic heterocycles. The summed E-state index contributed by atoms with van der Waals surface area (Å²) >= 11 is 7.89. The van der Waals surface area contributed by atoms with Gasteiger partial charge in [-0.15, -0.1) is 0 Å². The highest BCUT2D eigenvalue weighted by Gasteiger charge is 2.15. The van der Waals surface area contributed by atoms with E-state index in [0.29, 0.717) is 10.3 Å². The van der Waals surface area contributed by atoms with Gasteiger partial charge in [-0.05, 0) is 6.42 Å². The van der Waals surface area contributed by atoms with Gasteiger partial charge in [0.25, 0.3) is 0 Å². The van der Waals surface area contributed by atoms with Gasteiger partial charge in [0.15, 0.2) is 0 Å². The number of hydrogen-bond donors (Lipinski definition) is 1. The molecule has 0 saturated carbocycles. The van der Waals surface area contributed by atoms with Crippen LogP contribution in [-0.4, -0.2) is 20.8 Å². The lowest BCUT2D eigenvalue weighted by atomic mass is 10.2. The molecule has 0 radical (unpaired) electrons. The van der Waals surface area contributed by atoms with Crippen molar-refractivity contribution in [1.82, 2.24) is 9.78 Å². The molecule has 0 aliphatic carbocycles. The topological polar surface area (TPSA) is 43.8 Å². The molecule has 5 heteroatoms. The first-order valence-corrected chi connectivity index (χ1v) is 6.53. The zero-order valence-electron chi connectivity index (χ0n) is 9.40. The average molecular weight is 248 g/mol. The average Bonchev–Trinajstić information content (AvgIpc) is 2.54. The minimum absolute atomic E-state index is 0.0380. The zero-order chi connectivity index (χ0) is 11.4. The highest BCUT2D eigenvalue weighted by Crippen LogP contribution is 2.25. The maximum Gasteiger partial charge on any atom is 0.0834 e. The van der Waals surface area contributed by atoms with Gasteiger partial charge in [-0.1, -0.05) is 25.4 Å². The van der Waals surface area contributed by atoms with Crippen molar-refractivity contribution in [1.29, 1.82) is 0 Å². The van der Waals surface area contributed by atoms with E-state index in [2.05, 4.69) is 18.9 Å². The van der Waals surface area contributed by atoms with Crippen molar-refractivity contribution in [2.75, 3.05) is 5.75 Å². The Hall–Kier alpha value is -0.190. The highest BCUT2D eigenvalue weighted by molar-refractivity contribution is 7.99. The molecule has 0 amide bonds. The molecule has 2 unspecified atom stereocenters. The first kappa shape index (κ1) is 12.9. The standard InChI is InChI=1S/C10H18ClN3S/c1-4-7(2)15-6-9(12)10-8(11)5-13-14(10)3/h5,7,9H,4,6,12H2,1-3H3. The van der Waals surface area contributed by atoms with E-state index in [9.17, 15) is 0 Å². The predicted molar refractivity (Wildman–Crippen MR) is 67.4 cm³/mol. The third-order valence-electron chi connectivity index (χ3n) is 2.42. The third-order valence-corrected chi connectivity index (χ3v) is 4.17. The summed E-state index contributed by atoms with van der Waals surface area (Å²) in [5.74, 6) is 0.883. The number of halogens is 1. The van der Waals surface area contributed by atoms with Gasteiger partial charge in [0, 0.05) is 18.1 Å². The summed E-state index contributed by atoms with van der Waals surface area (Å²) in [7, 11) is 1.87. The van der Waals surface area contributed by atoms with E-state index in [1.807, 2.05) is 18.8 Å². The zero-order valence-corrected chi connectivity index (χ0v) is 11.0. The number of hydrogen-bond acceptors (Lipinski definition) is 3. The lowest BCUT2D eigenvalue weighted by Gasteiger charge is -2.15. The van der Waals surface area contributed by atoms with Crippen LogP contribution >= 0.6 is 23.4 Å². The lowest BCUT2D eigenvalue weighted by molar-refractivity contribution is 0.658. The lowest BCUT2D eigenvalue weighted by Crippen LogP contribution is -2.18. The summed E-state index contributed by atoms with van der Waals surface area (Å²) in [4.78, 5) is 0. The first-order valence-electron chi connectivity index (χ1n) is 5.10. The largest absolute Gasteiger partial charge is 0.322 e. The summed E-state index contributed by atoms with van der Waals surface area (Å²) in [6.45, 7) is 4.39. The maximum absolute atomic E-state index is 6.08. The van der Waals surface area contributed by atoms with Crippen LogP contribution in [0.2, 0.25) is 5.02 Å². The Balaban J connectivity index is 2.57. The molecular weight excluding hydrogens is 230 g/mol. The van der Waals surface area contributed by atoms with Crippen LogP contribution in [0, 0.1) is 0 Å². The molecule has 0 aromatic carbocycles. The second-order valence-electron chi connectivity index (χ2n) is 3.66. The van der Waals surface area contributed by atoms with Crippen molar-refractivity contribution in [3.05, 3.63) is 16.9 Å². The van der Waals surface area contributed by atoms with E-state index in [-0.39, 0.29) is 6.04 Å². The Morgan fingerprint density at radius 1 is 1.67 bits per heavy atom. The summed E-state index contributed by atoms with van der Waals surface area (Å²) in [6.07, 6.45) is 2.81. The molecule has 2 N–H and O–H groups in total. The summed E-state index contributed by atoms with van der Waals surface area (Å²) in [6, 6.07) is -0.0380. The van der Waals surface area contributed by atoms with E-state index in [4.69, 9.17) is 17.3 Å². The quantitative estimate of drug-likeness (QED) is 0.870. The molecule has 1 rings (SSSR count). The van der Waals surface area contributed by atoms with Crippen molar-refractivity contribution in [3.8, 4) is 0 Å². The van der Waals surface area contributed by atoms with Crippen molar-refractivity contribution < 1.29 is 0 Å². The number of aryl methyl sites for hydroxylation is 1. The summed E-state index contributed by atoms with van der Waals surface area (Å²) in [5.41, 5.74) is 7.00. The van der Waals surface area contributed by atoms with E-state index in [1.54, 1.807) is 10.9 Å². The minimum Gasteiger partial charge on any atom is -0.322 e. The fraction of sp³-hybridized carbons (Fsp3) is 0.700. The van der Waals surface area contributed by atoms with Crippen molar-refractivity contribution in [3.63, 3.8) is 0 Å². The van der Waals surface area contributed by atoms with Gasteiger partial charge in [-0.3, -0.25) is 4.68 Å². The Labute approximate surface area is 100 Å². The molecule has 1 aromatic rings. The first-order chi connectivity index (χ1) is 7.06. The van der Waals surface area contributed by atoms with Crippen molar-refractivity contribution >= 4 is 23.4 Å². The Morgan fingerprint density at radius 3 is 2.80 bits per heavy atom. The van der Waals surface area contributed by atoms with Crippen molar-refractivity contribution in [2.24, 2.45) is 12.8 Å². The monoisotopic (exact) mass is 247 g/mol. The van der Waals surface area contributed by atoms with Crippen LogP contribution in [-0.2, 0) is 7.05 Å². The van der Waals surface area contributed by atoms with Crippen LogP contribution in [0.1, 0.15) is 32.0 Å². The fourth-order valence-electron chi connectivity index (χ4n) is 1.30. The molecule has 0 spiro atoms. The van der Waals surface area contributed by atoms with Crippen LogP contribution < -0.4 is 5.73 Å². The normalized spacial score (nSPS) is 15.3. The van der Waals surface area contributed by atoms with Gasteiger partial charge >= 0.3 is 0 Å². The third kappa shape index (κ3) is 3.40. The number of thioether (sulfide) groups is 1. The molecule has 86 valence electrons. The van der Waals surface area contributed by atoms with E-state index >= 15 is 0 Å². The van der Waals surface area contributed by atoms with Gasteiger partial charge in [0.05, 0.1) is 23.0 Å². The van der Waals surface area contributed by atoms with Gasteiger partial charge in [-0.2, -0.15) is 16.9 Å². The second-order valence-corrected chi connectivity index (χ2v) is 5.54. The summed E-state index contributed by atoms with van der Waals surface area (Å²) in [5, 5.41) is 5.38. The van der Waals surface area contributed by atoms with E-state index in [0.717, 1.165) is 17.9 Å². The Morgan fingerprint density at radius 2 is 2.33 bits per heavy atom. The molecule has 1 aromatic heterocycles.